The molecule has 0 fully saturated rings. The number of carbonyl (C=O) groups is 2. The third kappa shape index (κ3) is 5.05. The monoisotopic (exact) mass is 553 g/mol. The summed E-state index contributed by atoms with van der Waals surface area (Å²) in [5, 5.41) is 14.2. The quantitative estimate of drug-likeness (QED) is 0.302. The molecule has 1 atom stereocenters. The average molecular weight is 554 g/mol. The molecule has 0 saturated carbocycles. The Morgan fingerprint density at radius 3 is 2.45 bits per heavy atom. The Balaban J connectivity index is 1.40. The molecule has 1 amide bonds. The molecule has 0 radical (unpaired) electrons. The zero-order valence-corrected chi connectivity index (χ0v) is 23.9. The van der Waals surface area contributed by atoms with E-state index in [0.29, 0.717) is 32.8 Å². The summed E-state index contributed by atoms with van der Waals surface area (Å²) in [5.41, 5.74) is 2.72. The molecule has 0 saturated heterocycles. The summed E-state index contributed by atoms with van der Waals surface area (Å²) in [6.07, 6.45) is 2.68. The highest BCUT2D eigenvalue weighted by molar-refractivity contribution is 7.16. The number of pyridine rings is 1. The molecule has 2 heterocycles. The first kappa shape index (κ1) is 27.4. The van der Waals surface area contributed by atoms with Gasteiger partial charge in [0.1, 0.15) is 16.8 Å². The lowest BCUT2D eigenvalue weighted by atomic mass is 9.72. The topological polar surface area (TPSA) is 101 Å². The van der Waals surface area contributed by atoms with Crippen LogP contribution in [-0.4, -0.2) is 23.1 Å². The van der Waals surface area contributed by atoms with Crippen LogP contribution in [0.15, 0.2) is 59.4 Å². The highest BCUT2D eigenvalue weighted by Crippen LogP contribution is 2.44. The van der Waals surface area contributed by atoms with Crippen LogP contribution in [-0.2, 0) is 29.4 Å². The van der Waals surface area contributed by atoms with Crippen molar-refractivity contribution in [1.82, 2.24) is 4.57 Å². The average Bonchev–Trinajstić information content (AvgIpc) is 3.29. The fourth-order valence-electron chi connectivity index (χ4n) is 5.49. The first-order valence-corrected chi connectivity index (χ1v) is 14.1. The SMILES string of the molecule is Cn1c(C(=O)OCC(=O)Nc2sc3c(c2C#N)CCC(C(C)(C)C)C3)c(-c2ccccc2)c2ccccc2c1=O. The van der Waals surface area contributed by atoms with Crippen molar-refractivity contribution in [3.63, 3.8) is 0 Å². The molecule has 7 nitrogen and oxygen atoms in total. The highest BCUT2D eigenvalue weighted by atomic mass is 32.1. The first-order chi connectivity index (χ1) is 19.1. The van der Waals surface area contributed by atoms with Crippen molar-refractivity contribution in [2.45, 2.75) is 40.0 Å². The lowest BCUT2D eigenvalue weighted by molar-refractivity contribution is -0.119. The highest BCUT2D eigenvalue weighted by Gasteiger charge is 2.32. The van der Waals surface area contributed by atoms with Crippen molar-refractivity contribution in [3.8, 4) is 17.2 Å². The van der Waals surface area contributed by atoms with Gasteiger partial charge in [-0.25, -0.2) is 4.79 Å². The summed E-state index contributed by atoms with van der Waals surface area (Å²) < 4.78 is 6.73. The van der Waals surface area contributed by atoms with Gasteiger partial charge in [-0.15, -0.1) is 11.3 Å². The zero-order chi connectivity index (χ0) is 28.6. The van der Waals surface area contributed by atoms with Gasteiger partial charge in [-0.05, 0) is 53.2 Å². The van der Waals surface area contributed by atoms with Crippen molar-refractivity contribution < 1.29 is 14.3 Å². The molecule has 204 valence electrons. The zero-order valence-electron chi connectivity index (χ0n) is 23.0. The largest absolute Gasteiger partial charge is 0.451 e. The number of esters is 1. The van der Waals surface area contributed by atoms with E-state index in [1.54, 1.807) is 18.2 Å². The summed E-state index contributed by atoms with van der Waals surface area (Å²) in [6.45, 7) is 6.14. The summed E-state index contributed by atoms with van der Waals surface area (Å²) in [4.78, 5) is 40.6. The van der Waals surface area contributed by atoms with Crippen LogP contribution < -0.4 is 10.9 Å². The number of thiophene rings is 1. The summed E-state index contributed by atoms with van der Waals surface area (Å²) in [7, 11) is 1.53. The van der Waals surface area contributed by atoms with E-state index < -0.39 is 18.5 Å². The van der Waals surface area contributed by atoms with Crippen LogP contribution in [0.4, 0.5) is 5.00 Å². The lowest BCUT2D eigenvalue weighted by Crippen LogP contribution is -2.28. The van der Waals surface area contributed by atoms with Gasteiger partial charge in [0.15, 0.2) is 6.61 Å². The van der Waals surface area contributed by atoms with E-state index >= 15 is 0 Å². The molecule has 4 aromatic rings. The van der Waals surface area contributed by atoms with Gasteiger partial charge in [-0.2, -0.15) is 5.26 Å². The Hall–Kier alpha value is -4.22. The van der Waals surface area contributed by atoms with Gasteiger partial charge in [0.05, 0.1) is 5.56 Å². The normalized spacial score (nSPS) is 14.8. The van der Waals surface area contributed by atoms with Crippen molar-refractivity contribution >= 4 is 39.0 Å². The maximum Gasteiger partial charge on any atom is 0.356 e. The minimum absolute atomic E-state index is 0.0697. The van der Waals surface area contributed by atoms with Gasteiger partial charge in [0.2, 0.25) is 0 Å². The van der Waals surface area contributed by atoms with Crippen molar-refractivity contribution in [3.05, 3.63) is 86.6 Å². The van der Waals surface area contributed by atoms with Crippen LogP contribution in [0.5, 0.6) is 0 Å². The summed E-state index contributed by atoms with van der Waals surface area (Å²) in [6, 6.07) is 18.7. The van der Waals surface area contributed by atoms with E-state index in [1.165, 1.54) is 23.0 Å². The number of rotatable bonds is 5. The number of amides is 1. The predicted octanol–water partition coefficient (Wildman–Crippen LogP) is 6.09. The van der Waals surface area contributed by atoms with Gasteiger partial charge in [-0.1, -0.05) is 69.3 Å². The number of aromatic nitrogens is 1. The minimum atomic E-state index is -0.779. The predicted molar refractivity (Wildman–Crippen MR) is 158 cm³/mol. The minimum Gasteiger partial charge on any atom is -0.451 e. The van der Waals surface area contributed by atoms with E-state index in [9.17, 15) is 19.6 Å². The second-order valence-corrected chi connectivity index (χ2v) is 12.4. The fraction of sp³-hybridized carbons (Fsp3) is 0.312. The van der Waals surface area contributed by atoms with Gasteiger partial charge in [0, 0.05) is 22.9 Å². The Bertz CT molecular complexity index is 1720. The van der Waals surface area contributed by atoms with Gasteiger partial charge in [-0.3, -0.25) is 9.59 Å². The maximum absolute atomic E-state index is 13.4. The molecule has 0 aliphatic heterocycles. The fourth-order valence-corrected chi connectivity index (χ4v) is 6.79. The Morgan fingerprint density at radius 2 is 1.77 bits per heavy atom. The van der Waals surface area contributed by atoms with E-state index in [2.05, 4.69) is 32.2 Å². The van der Waals surface area contributed by atoms with Crippen LogP contribution in [0.25, 0.3) is 21.9 Å². The molecule has 8 heteroatoms. The molecule has 0 bridgehead atoms. The molecular weight excluding hydrogens is 522 g/mol. The third-order valence-corrected chi connectivity index (χ3v) is 8.92. The smallest absolute Gasteiger partial charge is 0.356 e. The molecule has 0 spiro atoms. The van der Waals surface area contributed by atoms with Gasteiger partial charge < -0.3 is 14.6 Å². The standard InChI is InChI=1S/C32H31N3O4S/c1-32(2,3)20-14-15-21-24(17-33)29(40-25(21)16-20)34-26(36)18-39-31(38)28-27(19-10-6-5-7-11-19)22-12-8-9-13-23(22)30(37)35(28)4/h5-13,20H,14-16,18H2,1-4H3,(H,34,36). The number of benzene rings is 2. The van der Waals surface area contributed by atoms with Crippen molar-refractivity contribution in [2.75, 3.05) is 11.9 Å². The van der Waals surface area contributed by atoms with Crippen LogP contribution in [0.1, 0.15) is 53.7 Å². The molecule has 2 aromatic carbocycles. The Kier molecular flexibility index (Phi) is 7.35. The number of fused-ring (bicyclic) bond motifs is 2. The Labute approximate surface area is 237 Å². The van der Waals surface area contributed by atoms with E-state index in [0.717, 1.165) is 35.3 Å². The van der Waals surface area contributed by atoms with Gasteiger partial charge >= 0.3 is 5.97 Å². The molecular formula is C32H31N3O4S. The van der Waals surface area contributed by atoms with Crippen LogP contribution in [0, 0.1) is 22.7 Å². The molecule has 5 rings (SSSR count). The van der Waals surface area contributed by atoms with E-state index in [4.69, 9.17) is 4.74 Å². The number of hydrogen-bond donors (Lipinski definition) is 1. The number of anilines is 1. The second kappa shape index (κ2) is 10.7. The maximum atomic E-state index is 13.4. The molecule has 1 aliphatic rings. The number of nitriles is 1. The molecule has 1 N–H and O–H groups in total. The number of carbonyl (C=O) groups excluding carboxylic acids is 2. The second-order valence-electron chi connectivity index (χ2n) is 11.2. The van der Waals surface area contributed by atoms with Gasteiger partial charge in [0.25, 0.3) is 11.5 Å². The molecule has 1 unspecified atom stereocenters. The number of nitrogens with zero attached hydrogens (tertiary/aromatic N) is 2. The summed E-state index contributed by atoms with van der Waals surface area (Å²) >= 11 is 1.43. The molecule has 40 heavy (non-hydrogen) atoms. The molecule has 1 aliphatic carbocycles. The van der Waals surface area contributed by atoms with E-state index in [1.807, 2.05) is 36.4 Å². The number of ether oxygens (including phenoxy) is 1. The van der Waals surface area contributed by atoms with Crippen LogP contribution >= 0.6 is 11.3 Å². The third-order valence-electron chi connectivity index (χ3n) is 7.75. The lowest BCUT2D eigenvalue weighted by Gasteiger charge is -2.33. The first-order valence-electron chi connectivity index (χ1n) is 13.3. The molecule has 2 aromatic heterocycles. The van der Waals surface area contributed by atoms with Crippen LogP contribution in [0.2, 0.25) is 0 Å². The van der Waals surface area contributed by atoms with Crippen LogP contribution in [0.3, 0.4) is 0 Å². The van der Waals surface area contributed by atoms with Crippen molar-refractivity contribution in [1.29, 1.82) is 5.26 Å². The summed E-state index contributed by atoms with van der Waals surface area (Å²) in [5.74, 6) is -0.816. The van der Waals surface area contributed by atoms with Crippen molar-refractivity contribution in [2.24, 2.45) is 18.4 Å². The van der Waals surface area contributed by atoms with E-state index in [-0.39, 0.29) is 16.7 Å². The number of nitrogens with one attached hydrogen (secondary N) is 1. The Morgan fingerprint density at radius 1 is 1.10 bits per heavy atom. The number of hydrogen-bond acceptors (Lipinski definition) is 6.